The second kappa shape index (κ2) is 7.09. The first kappa shape index (κ1) is 9.98. The van der Waals surface area contributed by atoms with Crippen molar-refractivity contribution < 1.29 is 0 Å². The second-order valence-corrected chi connectivity index (χ2v) is 2.66. The zero-order valence-electron chi connectivity index (χ0n) is 7.01. The van der Waals surface area contributed by atoms with Gasteiger partial charge in [-0.25, -0.2) is 6.57 Å². The van der Waals surface area contributed by atoms with E-state index in [4.69, 9.17) is 11.8 Å². The minimum atomic E-state index is -0.0287. The summed E-state index contributed by atoms with van der Waals surface area (Å²) >= 11 is 0. The average molecular weight is 150 g/mol. The fraction of sp³-hybridized carbons (Fsp3) is 0.778. The molecule has 0 aliphatic carbocycles. The van der Waals surface area contributed by atoms with Crippen molar-refractivity contribution in [2.75, 3.05) is 6.54 Å². The maximum atomic E-state index is 8.56. The van der Waals surface area contributed by atoms with Gasteiger partial charge in [0.1, 0.15) is 5.92 Å². The van der Waals surface area contributed by atoms with Gasteiger partial charge in [-0.1, -0.05) is 26.2 Å². The molecule has 0 spiro atoms. The highest BCUT2D eigenvalue weighted by Crippen LogP contribution is 2.08. The van der Waals surface area contributed by atoms with Crippen molar-refractivity contribution in [3.8, 4) is 6.07 Å². The molecule has 0 bridgehead atoms. The fourth-order valence-corrected chi connectivity index (χ4v) is 0.948. The number of hydrogen-bond donors (Lipinski definition) is 0. The van der Waals surface area contributed by atoms with Crippen LogP contribution in [0.4, 0.5) is 0 Å². The van der Waals surface area contributed by atoms with Gasteiger partial charge < -0.3 is 4.85 Å². The molecule has 0 aliphatic heterocycles. The minimum Gasteiger partial charge on any atom is -0.315 e. The van der Waals surface area contributed by atoms with E-state index in [0.29, 0.717) is 6.54 Å². The molecule has 0 saturated carbocycles. The molecule has 2 nitrogen and oxygen atoms in total. The van der Waals surface area contributed by atoms with E-state index in [1.807, 2.05) is 0 Å². The Hall–Kier alpha value is -1.02. The van der Waals surface area contributed by atoms with E-state index >= 15 is 0 Å². The molecule has 0 aromatic heterocycles. The van der Waals surface area contributed by atoms with Gasteiger partial charge in [0.05, 0.1) is 6.07 Å². The molecule has 2 heteroatoms. The third-order valence-corrected chi connectivity index (χ3v) is 1.65. The van der Waals surface area contributed by atoms with Crippen LogP contribution in [0.5, 0.6) is 0 Å². The molecule has 0 fully saturated rings. The smallest absolute Gasteiger partial charge is 0.230 e. The standard InChI is InChI=1S/C9H14N2/c1-3-4-5-6-9(7-10)8-11-2/h9H,3-6,8H2,1H3. The number of rotatable bonds is 5. The maximum absolute atomic E-state index is 8.56. The quantitative estimate of drug-likeness (QED) is 0.437. The summed E-state index contributed by atoms with van der Waals surface area (Å²) in [6.07, 6.45) is 4.34. The molecule has 0 saturated heterocycles. The lowest BCUT2D eigenvalue weighted by Crippen LogP contribution is -1.99. The number of nitriles is 1. The first-order chi connectivity index (χ1) is 5.35. The zero-order chi connectivity index (χ0) is 8.53. The first-order valence-electron chi connectivity index (χ1n) is 4.08. The summed E-state index contributed by atoms with van der Waals surface area (Å²) in [5, 5.41) is 8.56. The van der Waals surface area contributed by atoms with Crippen molar-refractivity contribution in [3.05, 3.63) is 11.4 Å². The number of nitrogens with zero attached hydrogens (tertiary/aromatic N) is 2. The Morgan fingerprint density at radius 2 is 2.27 bits per heavy atom. The summed E-state index contributed by atoms with van der Waals surface area (Å²) in [7, 11) is 0. The maximum Gasteiger partial charge on any atom is 0.230 e. The van der Waals surface area contributed by atoms with Crippen LogP contribution >= 0.6 is 0 Å². The molecule has 11 heavy (non-hydrogen) atoms. The summed E-state index contributed by atoms with van der Waals surface area (Å²) in [6.45, 7) is 9.10. The van der Waals surface area contributed by atoms with E-state index in [2.05, 4.69) is 17.8 Å². The molecule has 60 valence electrons. The highest BCUT2D eigenvalue weighted by Gasteiger charge is 2.08. The minimum absolute atomic E-state index is 0.0287. The van der Waals surface area contributed by atoms with E-state index in [1.165, 1.54) is 12.8 Å². The highest BCUT2D eigenvalue weighted by molar-refractivity contribution is 4.87. The Labute approximate surface area is 68.7 Å². The van der Waals surface area contributed by atoms with Crippen LogP contribution in [0.3, 0.4) is 0 Å². The summed E-state index contributed by atoms with van der Waals surface area (Å²) < 4.78 is 0. The van der Waals surface area contributed by atoms with E-state index in [9.17, 15) is 0 Å². The molecular formula is C9H14N2. The van der Waals surface area contributed by atoms with Gasteiger partial charge in [0.15, 0.2) is 0 Å². The molecule has 0 amide bonds. The molecule has 0 radical (unpaired) electrons. The van der Waals surface area contributed by atoms with Gasteiger partial charge in [-0.3, -0.25) is 0 Å². The topological polar surface area (TPSA) is 28.1 Å². The van der Waals surface area contributed by atoms with E-state index in [-0.39, 0.29) is 5.92 Å². The van der Waals surface area contributed by atoms with Crippen LogP contribution in [0.25, 0.3) is 4.85 Å². The van der Waals surface area contributed by atoms with Crippen LogP contribution in [0.15, 0.2) is 0 Å². The lowest BCUT2D eigenvalue weighted by Gasteiger charge is -1.99. The van der Waals surface area contributed by atoms with Crippen molar-refractivity contribution in [2.45, 2.75) is 32.6 Å². The van der Waals surface area contributed by atoms with Crippen molar-refractivity contribution in [3.63, 3.8) is 0 Å². The van der Waals surface area contributed by atoms with Gasteiger partial charge >= 0.3 is 0 Å². The van der Waals surface area contributed by atoms with Crippen molar-refractivity contribution in [1.29, 1.82) is 5.26 Å². The second-order valence-electron chi connectivity index (χ2n) is 2.66. The van der Waals surface area contributed by atoms with Gasteiger partial charge in [0.2, 0.25) is 6.54 Å². The van der Waals surface area contributed by atoms with Gasteiger partial charge in [-0.15, -0.1) is 0 Å². The monoisotopic (exact) mass is 150 g/mol. The summed E-state index contributed by atoms with van der Waals surface area (Å²) in [5.41, 5.74) is 0. The van der Waals surface area contributed by atoms with Crippen LogP contribution in [-0.4, -0.2) is 6.54 Å². The van der Waals surface area contributed by atoms with Crippen LogP contribution in [0.1, 0.15) is 32.6 Å². The zero-order valence-corrected chi connectivity index (χ0v) is 7.01. The largest absolute Gasteiger partial charge is 0.315 e. The molecule has 0 aromatic carbocycles. The molecule has 1 unspecified atom stereocenters. The van der Waals surface area contributed by atoms with E-state index < -0.39 is 0 Å². The normalized spacial score (nSPS) is 11.5. The van der Waals surface area contributed by atoms with Crippen LogP contribution < -0.4 is 0 Å². The lowest BCUT2D eigenvalue weighted by atomic mass is 10.0. The number of hydrogen-bond acceptors (Lipinski definition) is 1. The highest BCUT2D eigenvalue weighted by atomic mass is 14.6. The molecule has 0 rings (SSSR count). The molecule has 0 heterocycles. The first-order valence-corrected chi connectivity index (χ1v) is 4.08. The van der Waals surface area contributed by atoms with Crippen LogP contribution in [0, 0.1) is 23.8 Å². The van der Waals surface area contributed by atoms with Gasteiger partial charge in [0.25, 0.3) is 0 Å². The summed E-state index contributed by atoms with van der Waals surface area (Å²) in [4.78, 5) is 3.21. The third kappa shape index (κ3) is 5.43. The Morgan fingerprint density at radius 1 is 1.55 bits per heavy atom. The molecule has 1 atom stereocenters. The Bertz CT molecular complexity index is 161. The van der Waals surface area contributed by atoms with E-state index in [0.717, 1.165) is 12.8 Å². The predicted molar refractivity (Wildman–Crippen MR) is 44.7 cm³/mol. The molecule has 0 aromatic rings. The SMILES string of the molecule is [C-]#[N+]CC(C#N)CCCCC. The van der Waals surface area contributed by atoms with Crippen molar-refractivity contribution in [2.24, 2.45) is 5.92 Å². The Kier molecular flexibility index (Phi) is 6.43. The van der Waals surface area contributed by atoms with Gasteiger partial charge in [-0.2, -0.15) is 5.26 Å². The van der Waals surface area contributed by atoms with Gasteiger partial charge in [-0.05, 0) is 6.42 Å². The van der Waals surface area contributed by atoms with Gasteiger partial charge in [0, 0.05) is 0 Å². The Balaban J connectivity index is 3.40. The predicted octanol–water partition coefficient (Wildman–Crippen LogP) is 2.63. The summed E-state index contributed by atoms with van der Waals surface area (Å²) in [5.74, 6) is -0.0287. The fourth-order valence-electron chi connectivity index (χ4n) is 0.948. The molecule has 0 aliphatic rings. The summed E-state index contributed by atoms with van der Waals surface area (Å²) in [6, 6.07) is 2.15. The third-order valence-electron chi connectivity index (χ3n) is 1.65. The number of unbranched alkanes of at least 4 members (excludes halogenated alkanes) is 2. The lowest BCUT2D eigenvalue weighted by molar-refractivity contribution is 0.575. The van der Waals surface area contributed by atoms with Crippen molar-refractivity contribution >= 4 is 0 Å². The van der Waals surface area contributed by atoms with E-state index in [1.54, 1.807) is 0 Å². The van der Waals surface area contributed by atoms with Crippen LogP contribution in [0.2, 0.25) is 0 Å². The Morgan fingerprint density at radius 3 is 2.73 bits per heavy atom. The van der Waals surface area contributed by atoms with Crippen molar-refractivity contribution in [1.82, 2.24) is 0 Å². The average Bonchev–Trinajstić information content (AvgIpc) is 2.03. The molecular weight excluding hydrogens is 136 g/mol. The molecule has 0 N–H and O–H groups in total. The van der Waals surface area contributed by atoms with Crippen LogP contribution in [-0.2, 0) is 0 Å².